The number of ether oxygens (including phenoxy) is 1. The highest BCUT2D eigenvalue weighted by Crippen LogP contribution is 2.56. The van der Waals surface area contributed by atoms with E-state index in [4.69, 9.17) is 4.74 Å². The van der Waals surface area contributed by atoms with Gasteiger partial charge in [0.05, 0.1) is 19.6 Å². The van der Waals surface area contributed by atoms with E-state index in [1.54, 1.807) is 6.20 Å². The van der Waals surface area contributed by atoms with Crippen molar-refractivity contribution in [3.05, 3.63) is 16.6 Å². The number of hydrogen-bond acceptors (Lipinski definition) is 5. The van der Waals surface area contributed by atoms with E-state index in [1.165, 1.54) is 11.3 Å². The molecule has 8 heteroatoms. The number of aromatic nitrogens is 1. The zero-order valence-electron chi connectivity index (χ0n) is 13.5. The fraction of sp³-hybridized carbons (Fsp3) is 0.750. The second kappa shape index (κ2) is 7.84. The van der Waals surface area contributed by atoms with Gasteiger partial charge in [0.25, 0.3) is 6.43 Å². The number of carbonyl (C=O) groups is 1. The third-order valence-corrected chi connectivity index (χ3v) is 5.70. The van der Waals surface area contributed by atoms with E-state index in [9.17, 15) is 13.6 Å². The number of piperidine rings is 1. The third-order valence-electron chi connectivity index (χ3n) is 4.94. The van der Waals surface area contributed by atoms with Gasteiger partial charge in [-0.05, 0) is 37.8 Å². The van der Waals surface area contributed by atoms with Gasteiger partial charge in [-0.15, -0.1) is 11.3 Å². The lowest BCUT2D eigenvalue weighted by molar-refractivity contribution is -0.134. The highest BCUT2D eigenvalue weighted by Gasteiger charge is 2.57. The molecule has 2 fully saturated rings. The summed E-state index contributed by atoms with van der Waals surface area (Å²) in [6.07, 6.45) is 2.59. The molecule has 1 N–H and O–H groups in total. The molecule has 1 atom stereocenters. The number of nitrogens with one attached hydrogen (secondary N) is 1. The Hall–Kier alpha value is -1.12. The van der Waals surface area contributed by atoms with Crippen LogP contribution in [0.4, 0.5) is 8.78 Å². The molecule has 2 heterocycles. The summed E-state index contributed by atoms with van der Waals surface area (Å²) in [5, 5.41) is 6.17. The van der Waals surface area contributed by atoms with Gasteiger partial charge >= 0.3 is 0 Å². The van der Waals surface area contributed by atoms with Crippen molar-refractivity contribution in [2.75, 3.05) is 26.3 Å². The fourth-order valence-corrected chi connectivity index (χ4v) is 4.17. The molecule has 5 nitrogen and oxygen atoms in total. The first-order valence-corrected chi connectivity index (χ1v) is 9.23. The van der Waals surface area contributed by atoms with Crippen LogP contribution < -0.4 is 5.32 Å². The molecule has 24 heavy (non-hydrogen) atoms. The average molecular weight is 359 g/mol. The first kappa shape index (κ1) is 17.7. The maximum atomic E-state index is 12.6. The van der Waals surface area contributed by atoms with Crippen LogP contribution in [-0.4, -0.2) is 54.6 Å². The first-order valence-electron chi connectivity index (χ1n) is 8.35. The normalized spacial score (nSPS) is 22.0. The summed E-state index contributed by atoms with van der Waals surface area (Å²) in [7, 11) is 0. The van der Waals surface area contributed by atoms with Gasteiger partial charge in [0.15, 0.2) is 0 Å². The van der Waals surface area contributed by atoms with Crippen LogP contribution in [-0.2, 0) is 16.1 Å². The van der Waals surface area contributed by atoms with Crippen molar-refractivity contribution in [1.82, 2.24) is 15.2 Å². The Morgan fingerprint density at radius 2 is 2.29 bits per heavy atom. The van der Waals surface area contributed by atoms with E-state index in [1.807, 2.05) is 10.3 Å². The quantitative estimate of drug-likeness (QED) is 0.724. The molecule has 1 aromatic heterocycles. The van der Waals surface area contributed by atoms with Gasteiger partial charge in [-0.1, -0.05) is 0 Å². The molecule has 0 aromatic carbocycles. The number of nitrogens with zero attached hydrogens (tertiary/aromatic N) is 2. The molecule has 1 saturated carbocycles. The highest BCUT2D eigenvalue weighted by atomic mass is 32.1. The smallest absolute Gasteiger partial charge is 0.261 e. The standard InChI is InChI=1S/C16H23F2N3O2S/c17-13(18)11-23-7-1-15(22)21(10-14-20-6-8-24-14)12-9-16(12)2-4-19-5-3-16/h6,8,12-13,19H,1-5,7,9-11H2. The van der Waals surface area contributed by atoms with Gasteiger partial charge in [-0.2, -0.15) is 0 Å². The van der Waals surface area contributed by atoms with Crippen LogP contribution in [0.2, 0.25) is 0 Å². The molecular weight excluding hydrogens is 336 g/mol. The van der Waals surface area contributed by atoms with Gasteiger partial charge in [0.1, 0.15) is 11.6 Å². The van der Waals surface area contributed by atoms with E-state index in [0.717, 1.165) is 37.4 Å². The first-order chi connectivity index (χ1) is 11.6. The number of halogens is 2. The zero-order valence-corrected chi connectivity index (χ0v) is 14.4. The topological polar surface area (TPSA) is 54.5 Å². The Morgan fingerprint density at radius 1 is 1.50 bits per heavy atom. The van der Waals surface area contributed by atoms with E-state index in [-0.39, 0.29) is 30.4 Å². The molecule has 134 valence electrons. The predicted octanol–water partition coefficient (Wildman–Crippen LogP) is 2.29. The summed E-state index contributed by atoms with van der Waals surface area (Å²) in [5.74, 6) is -0.0279. The SMILES string of the molecule is O=C(CCOCC(F)F)N(Cc1nccs1)C1CC12CCNCC2. The molecule has 1 amide bonds. The second-order valence-corrected chi connectivity index (χ2v) is 7.47. The predicted molar refractivity (Wildman–Crippen MR) is 87.0 cm³/mol. The van der Waals surface area contributed by atoms with Crippen molar-refractivity contribution in [1.29, 1.82) is 0 Å². The fourth-order valence-electron chi connectivity index (χ4n) is 3.55. The van der Waals surface area contributed by atoms with Crippen LogP contribution in [0.1, 0.15) is 30.7 Å². The number of thiazole rings is 1. The molecule has 3 rings (SSSR count). The van der Waals surface area contributed by atoms with Crippen LogP contribution >= 0.6 is 11.3 Å². The Morgan fingerprint density at radius 3 is 2.96 bits per heavy atom. The summed E-state index contributed by atoms with van der Waals surface area (Å²) in [6, 6.07) is 0.242. The minimum absolute atomic E-state index is 0.0279. The van der Waals surface area contributed by atoms with Crippen LogP contribution in [0.3, 0.4) is 0 Å². The Kier molecular flexibility index (Phi) is 5.78. The monoisotopic (exact) mass is 359 g/mol. The Labute approximate surface area is 144 Å². The van der Waals surface area contributed by atoms with E-state index in [0.29, 0.717) is 6.54 Å². The highest BCUT2D eigenvalue weighted by molar-refractivity contribution is 7.09. The summed E-state index contributed by atoms with van der Waals surface area (Å²) < 4.78 is 29.1. The van der Waals surface area contributed by atoms with Gasteiger partial charge in [-0.25, -0.2) is 13.8 Å². The Balaban J connectivity index is 1.59. The number of hydrogen-bond donors (Lipinski definition) is 1. The second-order valence-electron chi connectivity index (χ2n) is 6.50. The molecule has 1 aliphatic heterocycles. The lowest BCUT2D eigenvalue weighted by Gasteiger charge is -2.29. The van der Waals surface area contributed by atoms with Crippen molar-refractivity contribution in [3.8, 4) is 0 Å². The van der Waals surface area contributed by atoms with Gasteiger partial charge in [-0.3, -0.25) is 4.79 Å². The van der Waals surface area contributed by atoms with Crippen LogP contribution in [0.5, 0.6) is 0 Å². The van der Waals surface area contributed by atoms with E-state index in [2.05, 4.69) is 10.3 Å². The average Bonchev–Trinajstić information content (AvgIpc) is 3.00. The van der Waals surface area contributed by atoms with Crippen molar-refractivity contribution >= 4 is 17.2 Å². The molecule has 1 aliphatic carbocycles. The summed E-state index contributed by atoms with van der Waals surface area (Å²) >= 11 is 1.53. The van der Waals surface area contributed by atoms with Crippen molar-refractivity contribution in [2.45, 2.75) is 44.7 Å². The van der Waals surface area contributed by atoms with Crippen LogP contribution in [0.25, 0.3) is 0 Å². The molecule has 0 radical (unpaired) electrons. The number of carbonyl (C=O) groups excluding carboxylic acids is 1. The van der Waals surface area contributed by atoms with Gasteiger partial charge in [0.2, 0.25) is 5.91 Å². The molecule has 1 spiro atoms. The molecule has 2 aliphatic rings. The zero-order chi connectivity index (χ0) is 17.0. The van der Waals surface area contributed by atoms with Crippen molar-refractivity contribution in [3.63, 3.8) is 0 Å². The number of rotatable bonds is 8. The number of amides is 1. The number of alkyl halides is 2. The Bertz CT molecular complexity index is 535. The minimum atomic E-state index is -2.49. The molecule has 1 aromatic rings. The molecular formula is C16H23F2N3O2S. The van der Waals surface area contributed by atoms with E-state index >= 15 is 0 Å². The maximum absolute atomic E-state index is 12.6. The van der Waals surface area contributed by atoms with Gasteiger partial charge in [0, 0.05) is 17.6 Å². The lowest BCUT2D eigenvalue weighted by atomic mass is 9.93. The molecule has 1 unspecified atom stereocenters. The third kappa shape index (κ3) is 4.29. The molecule has 1 saturated heterocycles. The molecule has 0 bridgehead atoms. The van der Waals surface area contributed by atoms with Crippen molar-refractivity contribution < 1.29 is 18.3 Å². The lowest BCUT2D eigenvalue weighted by Crippen LogP contribution is -2.39. The van der Waals surface area contributed by atoms with Crippen LogP contribution in [0.15, 0.2) is 11.6 Å². The van der Waals surface area contributed by atoms with E-state index < -0.39 is 13.0 Å². The summed E-state index contributed by atoms with van der Waals surface area (Å²) in [4.78, 5) is 18.8. The van der Waals surface area contributed by atoms with Gasteiger partial charge < -0.3 is 15.0 Å². The summed E-state index contributed by atoms with van der Waals surface area (Å²) in [6.45, 7) is 1.92. The van der Waals surface area contributed by atoms with Crippen molar-refractivity contribution in [2.24, 2.45) is 5.41 Å². The van der Waals surface area contributed by atoms with Crippen LogP contribution in [0, 0.1) is 5.41 Å². The maximum Gasteiger partial charge on any atom is 0.261 e. The summed E-state index contributed by atoms with van der Waals surface area (Å²) in [5.41, 5.74) is 0.238. The largest absolute Gasteiger partial charge is 0.375 e. The minimum Gasteiger partial charge on any atom is -0.375 e.